The molecule has 0 aliphatic heterocycles. The molecule has 0 aromatic heterocycles. The number of nitrogens with one attached hydrogen (secondary N) is 1. The van der Waals surface area contributed by atoms with E-state index in [1.807, 2.05) is 0 Å². The van der Waals surface area contributed by atoms with E-state index in [0.717, 1.165) is 32.1 Å². The molecule has 0 aromatic carbocycles. The summed E-state index contributed by atoms with van der Waals surface area (Å²) in [5.74, 6) is -0.388. The number of amides is 1. The topological polar surface area (TPSA) is 81.4 Å². The summed E-state index contributed by atoms with van der Waals surface area (Å²) in [6, 6.07) is -0.540. The maximum absolute atomic E-state index is 12.2. The number of unbranched alkanes of at least 4 members (excludes halogenated alkanes) is 12. The lowest BCUT2D eigenvalue weighted by Gasteiger charge is -2.17. The summed E-state index contributed by atoms with van der Waals surface area (Å²) in [6.07, 6.45) is 23.5. The SMILES string of the molecule is CCCCCCCC/C=C\CCCCCCCC(=O)NC(CCCCN)C(=O)OCC.Cl. The van der Waals surface area contributed by atoms with Gasteiger partial charge in [-0.1, -0.05) is 70.4 Å². The van der Waals surface area contributed by atoms with E-state index in [1.54, 1.807) is 6.92 Å². The van der Waals surface area contributed by atoms with Crippen molar-refractivity contribution in [3.05, 3.63) is 12.2 Å². The third kappa shape index (κ3) is 22.1. The summed E-state index contributed by atoms with van der Waals surface area (Å²) in [6.45, 7) is 4.96. The Morgan fingerprint density at radius 1 is 0.812 bits per heavy atom. The van der Waals surface area contributed by atoms with Crippen LogP contribution in [0.3, 0.4) is 0 Å². The van der Waals surface area contributed by atoms with E-state index < -0.39 is 6.04 Å². The van der Waals surface area contributed by atoms with Crippen LogP contribution in [-0.2, 0) is 14.3 Å². The first-order chi connectivity index (χ1) is 15.2. The number of ether oxygens (including phenoxy) is 1. The molecule has 1 atom stereocenters. The number of rotatable bonds is 22. The standard InChI is InChI=1S/C26H50N2O3.ClH/c1-3-5-6-7-8-9-10-11-12-13-14-15-16-17-18-22-25(29)28-24(21-19-20-23-27)26(30)31-4-2;/h11-12,24H,3-10,13-23,27H2,1-2H3,(H,28,29);1H/b12-11-;. The summed E-state index contributed by atoms with van der Waals surface area (Å²) < 4.78 is 5.08. The largest absolute Gasteiger partial charge is 0.464 e. The molecule has 3 N–H and O–H groups in total. The van der Waals surface area contributed by atoms with Crippen LogP contribution >= 0.6 is 12.4 Å². The molecular weight excluding hydrogens is 424 g/mol. The molecule has 1 amide bonds. The second-order valence-electron chi connectivity index (χ2n) is 8.49. The predicted octanol–water partition coefficient (Wildman–Crippen LogP) is 6.62. The molecule has 0 aliphatic rings. The fraction of sp³-hybridized carbons (Fsp3) is 0.846. The number of hydrogen-bond acceptors (Lipinski definition) is 4. The first-order valence-corrected chi connectivity index (χ1v) is 13.0. The van der Waals surface area contributed by atoms with Gasteiger partial charge in [0.1, 0.15) is 6.04 Å². The summed E-state index contributed by atoms with van der Waals surface area (Å²) in [5.41, 5.74) is 5.51. The average molecular weight is 475 g/mol. The molecule has 6 heteroatoms. The van der Waals surface area contributed by atoms with Gasteiger partial charge >= 0.3 is 5.97 Å². The Bertz CT molecular complexity index is 458. The smallest absolute Gasteiger partial charge is 0.328 e. The van der Waals surface area contributed by atoms with E-state index in [2.05, 4.69) is 24.4 Å². The van der Waals surface area contributed by atoms with Gasteiger partial charge in [-0.05, 0) is 64.8 Å². The van der Waals surface area contributed by atoms with Gasteiger partial charge in [0.15, 0.2) is 0 Å². The molecule has 1 unspecified atom stereocenters. The van der Waals surface area contributed by atoms with Crippen molar-refractivity contribution in [3.63, 3.8) is 0 Å². The minimum absolute atomic E-state index is 0. The maximum Gasteiger partial charge on any atom is 0.328 e. The van der Waals surface area contributed by atoms with Crippen molar-refractivity contribution in [1.29, 1.82) is 0 Å². The van der Waals surface area contributed by atoms with Crippen molar-refractivity contribution in [2.45, 2.75) is 129 Å². The molecule has 0 saturated carbocycles. The first-order valence-electron chi connectivity index (χ1n) is 13.0. The predicted molar refractivity (Wildman–Crippen MR) is 138 cm³/mol. The summed E-state index contributed by atoms with van der Waals surface area (Å²) in [7, 11) is 0. The van der Waals surface area contributed by atoms with E-state index in [4.69, 9.17) is 10.5 Å². The highest BCUT2D eigenvalue weighted by Gasteiger charge is 2.21. The van der Waals surface area contributed by atoms with E-state index in [1.165, 1.54) is 64.2 Å². The van der Waals surface area contributed by atoms with Gasteiger partial charge in [0.2, 0.25) is 5.91 Å². The van der Waals surface area contributed by atoms with E-state index >= 15 is 0 Å². The molecular formula is C26H51ClN2O3. The van der Waals surface area contributed by atoms with Crippen LogP contribution in [0.5, 0.6) is 0 Å². The zero-order chi connectivity index (χ0) is 23.0. The molecule has 0 radical (unpaired) electrons. The molecule has 0 aromatic rings. The highest BCUT2D eigenvalue weighted by atomic mass is 35.5. The molecule has 0 saturated heterocycles. The Balaban J connectivity index is 0. The highest BCUT2D eigenvalue weighted by Crippen LogP contribution is 2.10. The second kappa shape index (κ2) is 26.2. The number of esters is 1. The zero-order valence-electron chi connectivity index (χ0n) is 20.9. The molecule has 0 rings (SSSR count). The van der Waals surface area contributed by atoms with Gasteiger partial charge in [-0.15, -0.1) is 12.4 Å². The monoisotopic (exact) mass is 474 g/mol. The van der Waals surface area contributed by atoms with Gasteiger partial charge in [-0.2, -0.15) is 0 Å². The van der Waals surface area contributed by atoms with Crippen LogP contribution in [0.4, 0.5) is 0 Å². The number of halogens is 1. The summed E-state index contributed by atoms with van der Waals surface area (Å²) >= 11 is 0. The molecule has 190 valence electrons. The third-order valence-corrected chi connectivity index (χ3v) is 5.52. The van der Waals surface area contributed by atoms with Gasteiger partial charge in [0.25, 0.3) is 0 Å². The molecule has 5 nitrogen and oxygen atoms in total. The quantitative estimate of drug-likeness (QED) is 0.105. The Hall–Kier alpha value is -1.07. The minimum atomic E-state index is -0.540. The Kier molecular flexibility index (Phi) is 27.1. The Morgan fingerprint density at radius 2 is 1.38 bits per heavy atom. The summed E-state index contributed by atoms with van der Waals surface area (Å²) in [5, 5.41) is 2.85. The van der Waals surface area contributed by atoms with Crippen LogP contribution in [0.25, 0.3) is 0 Å². The lowest BCUT2D eigenvalue weighted by atomic mass is 10.1. The number of nitrogens with two attached hydrogens (primary N) is 1. The van der Waals surface area contributed by atoms with E-state index in [0.29, 0.717) is 26.0 Å². The minimum Gasteiger partial charge on any atom is -0.464 e. The molecule has 32 heavy (non-hydrogen) atoms. The number of allylic oxidation sites excluding steroid dienone is 2. The van der Waals surface area contributed by atoms with Gasteiger partial charge in [-0.25, -0.2) is 4.79 Å². The zero-order valence-corrected chi connectivity index (χ0v) is 21.7. The van der Waals surface area contributed by atoms with E-state index in [9.17, 15) is 9.59 Å². The van der Waals surface area contributed by atoms with Crippen molar-refractivity contribution in [3.8, 4) is 0 Å². The van der Waals surface area contributed by atoms with Gasteiger partial charge in [0.05, 0.1) is 6.61 Å². The van der Waals surface area contributed by atoms with Crippen molar-refractivity contribution in [1.82, 2.24) is 5.32 Å². The number of hydrogen-bond donors (Lipinski definition) is 2. The van der Waals surface area contributed by atoms with Crippen LogP contribution in [0.15, 0.2) is 12.2 Å². The van der Waals surface area contributed by atoms with Crippen molar-refractivity contribution in [2.75, 3.05) is 13.2 Å². The lowest BCUT2D eigenvalue weighted by molar-refractivity contribution is -0.147. The Labute approximate surface area is 204 Å². The number of carbonyl (C=O) groups excluding carboxylic acids is 2. The van der Waals surface area contributed by atoms with E-state index in [-0.39, 0.29) is 24.3 Å². The van der Waals surface area contributed by atoms with Crippen LogP contribution in [-0.4, -0.2) is 31.1 Å². The number of carbonyl (C=O) groups is 2. The fourth-order valence-electron chi connectivity index (χ4n) is 3.61. The van der Waals surface area contributed by atoms with Crippen LogP contribution < -0.4 is 11.1 Å². The molecule has 0 aliphatic carbocycles. The highest BCUT2D eigenvalue weighted by molar-refractivity contribution is 5.85. The van der Waals surface area contributed by atoms with Crippen molar-refractivity contribution >= 4 is 24.3 Å². The van der Waals surface area contributed by atoms with Gasteiger partial charge in [-0.3, -0.25) is 4.79 Å². The molecule has 0 bridgehead atoms. The van der Waals surface area contributed by atoms with Crippen LogP contribution in [0, 0.1) is 0 Å². The molecule has 0 heterocycles. The van der Waals surface area contributed by atoms with Gasteiger partial charge in [0, 0.05) is 6.42 Å². The second-order valence-corrected chi connectivity index (χ2v) is 8.49. The van der Waals surface area contributed by atoms with Crippen molar-refractivity contribution in [2.24, 2.45) is 5.73 Å². The Morgan fingerprint density at radius 3 is 1.94 bits per heavy atom. The average Bonchev–Trinajstić information content (AvgIpc) is 2.76. The van der Waals surface area contributed by atoms with Gasteiger partial charge < -0.3 is 15.8 Å². The van der Waals surface area contributed by atoms with Crippen LogP contribution in [0.2, 0.25) is 0 Å². The fourth-order valence-corrected chi connectivity index (χ4v) is 3.61. The third-order valence-electron chi connectivity index (χ3n) is 5.52. The normalized spacial score (nSPS) is 11.8. The maximum atomic E-state index is 12.2. The van der Waals surface area contributed by atoms with Crippen LogP contribution in [0.1, 0.15) is 123 Å². The first kappa shape index (κ1) is 33.1. The summed E-state index contributed by atoms with van der Waals surface area (Å²) in [4.78, 5) is 24.2. The molecule has 0 spiro atoms. The molecule has 0 fully saturated rings. The van der Waals surface area contributed by atoms with Crippen molar-refractivity contribution < 1.29 is 14.3 Å². The lowest BCUT2D eigenvalue weighted by Crippen LogP contribution is -2.41.